The molecule has 0 fully saturated rings. The average molecular weight is 407 g/mol. The van der Waals surface area contributed by atoms with Crippen LogP contribution < -0.4 is 11.1 Å². The van der Waals surface area contributed by atoms with Gasteiger partial charge in [0.25, 0.3) is 0 Å². The third-order valence-corrected chi connectivity index (χ3v) is 4.00. The van der Waals surface area contributed by atoms with Crippen molar-refractivity contribution >= 4 is 56.3 Å². The molecule has 3 rings (SSSR count). The Hall–Kier alpha value is -2.31. The van der Waals surface area contributed by atoms with Crippen LogP contribution >= 0.6 is 27.5 Å². The topological polar surface area (TPSA) is 81.2 Å². The van der Waals surface area contributed by atoms with Crippen molar-refractivity contribution in [2.45, 2.75) is 6.54 Å². The first-order valence-corrected chi connectivity index (χ1v) is 8.23. The first kappa shape index (κ1) is 16.5. The van der Waals surface area contributed by atoms with Gasteiger partial charge in [0.1, 0.15) is 11.6 Å². The second kappa shape index (κ2) is 7.07. The number of amides is 1. The van der Waals surface area contributed by atoms with Crippen LogP contribution in [0.3, 0.4) is 0 Å². The highest BCUT2D eigenvalue weighted by molar-refractivity contribution is 9.10. The zero-order valence-electron chi connectivity index (χ0n) is 12.4. The number of benzene rings is 1. The molecule has 3 aromatic rings. The maximum Gasteiger partial charge on any atom is 0.244 e. The highest BCUT2D eigenvalue weighted by Crippen LogP contribution is 2.30. The molecule has 24 heavy (non-hydrogen) atoms. The third kappa shape index (κ3) is 3.96. The van der Waals surface area contributed by atoms with E-state index in [9.17, 15) is 4.79 Å². The van der Waals surface area contributed by atoms with Gasteiger partial charge in [0, 0.05) is 22.1 Å². The molecule has 5 nitrogen and oxygen atoms in total. The summed E-state index contributed by atoms with van der Waals surface area (Å²) in [6.45, 7) is 0.270. The SMILES string of the molecule is Nc1ccc(/C=C/C(=O)NCc2cc3cc(Br)cc(Cl)c3o2)cn1. The van der Waals surface area contributed by atoms with Crippen LogP contribution in [0.4, 0.5) is 5.82 Å². The van der Waals surface area contributed by atoms with E-state index in [2.05, 4.69) is 26.2 Å². The number of carbonyl (C=O) groups excluding carboxylic acids is 1. The summed E-state index contributed by atoms with van der Waals surface area (Å²) in [5.74, 6) is 0.826. The van der Waals surface area contributed by atoms with E-state index >= 15 is 0 Å². The number of nitrogens with one attached hydrogen (secondary N) is 1. The minimum Gasteiger partial charge on any atom is -0.458 e. The van der Waals surface area contributed by atoms with Crippen molar-refractivity contribution in [1.29, 1.82) is 0 Å². The highest BCUT2D eigenvalue weighted by atomic mass is 79.9. The number of rotatable bonds is 4. The van der Waals surface area contributed by atoms with Crippen LogP contribution in [0.5, 0.6) is 0 Å². The quantitative estimate of drug-likeness (QED) is 0.638. The molecule has 0 radical (unpaired) electrons. The molecule has 0 aliphatic rings. The number of carbonyl (C=O) groups is 1. The van der Waals surface area contributed by atoms with Gasteiger partial charge >= 0.3 is 0 Å². The van der Waals surface area contributed by atoms with Crippen LogP contribution in [0.15, 0.2) is 51.5 Å². The van der Waals surface area contributed by atoms with Gasteiger partial charge in [0.2, 0.25) is 5.91 Å². The summed E-state index contributed by atoms with van der Waals surface area (Å²) in [4.78, 5) is 15.8. The molecule has 2 heterocycles. The van der Waals surface area contributed by atoms with Gasteiger partial charge in [-0.3, -0.25) is 4.79 Å². The number of nitrogens with zero attached hydrogens (tertiary/aromatic N) is 1. The molecule has 0 aliphatic carbocycles. The highest BCUT2D eigenvalue weighted by Gasteiger charge is 2.09. The molecular formula is C17H13BrClN3O2. The number of nitrogens with two attached hydrogens (primary N) is 1. The van der Waals surface area contributed by atoms with Crippen molar-refractivity contribution in [3.05, 3.63) is 63.4 Å². The monoisotopic (exact) mass is 405 g/mol. The summed E-state index contributed by atoms with van der Waals surface area (Å²) >= 11 is 9.51. The fourth-order valence-electron chi connectivity index (χ4n) is 2.14. The lowest BCUT2D eigenvalue weighted by Crippen LogP contribution is -2.19. The van der Waals surface area contributed by atoms with E-state index in [1.807, 2.05) is 12.1 Å². The Balaban J connectivity index is 1.64. The summed E-state index contributed by atoms with van der Waals surface area (Å²) < 4.78 is 6.54. The van der Waals surface area contributed by atoms with Crippen LogP contribution in [-0.2, 0) is 11.3 Å². The van der Waals surface area contributed by atoms with Crippen LogP contribution in [0.25, 0.3) is 17.0 Å². The van der Waals surface area contributed by atoms with Gasteiger partial charge in [0.05, 0.1) is 11.6 Å². The van der Waals surface area contributed by atoms with E-state index in [1.165, 1.54) is 6.08 Å². The molecule has 0 aliphatic heterocycles. The van der Waals surface area contributed by atoms with Crippen LogP contribution in [-0.4, -0.2) is 10.9 Å². The molecule has 0 saturated heterocycles. The second-order valence-corrected chi connectivity index (χ2v) is 6.41. The molecule has 2 aromatic heterocycles. The molecule has 122 valence electrons. The van der Waals surface area contributed by atoms with Gasteiger partial charge in [-0.1, -0.05) is 27.5 Å². The number of hydrogen-bond acceptors (Lipinski definition) is 4. The van der Waals surface area contributed by atoms with Crippen molar-refractivity contribution < 1.29 is 9.21 Å². The van der Waals surface area contributed by atoms with Gasteiger partial charge < -0.3 is 15.5 Å². The minimum absolute atomic E-state index is 0.237. The molecular weight excluding hydrogens is 394 g/mol. The number of halogens is 2. The molecule has 1 amide bonds. The Kier molecular flexibility index (Phi) is 4.87. The molecule has 0 unspecified atom stereocenters. The van der Waals surface area contributed by atoms with E-state index in [-0.39, 0.29) is 12.5 Å². The Morgan fingerprint density at radius 3 is 2.96 bits per heavy atom. The van der Waals surface area contributed by atoms with Crippen molar-refractivity contribution in [2.75, 3.05) is 5.73 Å². The van der Waals surface area contributed by atoms with E-state index in [4.69, 9.17) is 21.8 Å². The summed E-state index contributed by atoms with van der Waals surface area (Å²) in [5.41, 5.74) is 6.90. The Morgan fingerprint density at radius 1 is 1.38 bits per heavy atom. The van der Waals surface area contributed by atoms with E-state index in [0.717, 1.165) is 15.4 Å². The fraction of sp³-hybridized carbons (Fsp3) is 0.0588. The molecule has 1 aromatic carbocycles. The van der Waals surface area contributed by atoms with Crippen molar-refractivity contribution in [2.24, 2.45) is 0 Å². The lowest BCUT2D eigenvalue weighted by molar-refractivity contribution is -0.116. The van der Waals surface area contributed by atoms with Crippen molar-refractivity contribution in [3.63, 3.8) is 0 Å². The van der Waals surface area contributed by atoms with Crippen molar-refractivity contribution in [1.82, 2.24) is 10.3 Å². The van der Waals surface area contributed by atoms with Gasteiger partial charge in [0.15, 0.2) is 5.58 Å². The van der Waals surface area contributed by atoms with Crippen molar-refractivity contribution in [3.8, 4) is 0 Å². The number of aromatic nitrogens is 1. The summed E-state index contributed by atoms with van der Waals surface area (Å²) in [6, 6.07) is 8.97. The van der Waals surface area contributed by atoms with E-state index < -0.39 is 0 Å². The number of furan rings is 1. The lowest BCUT2D eigenvalue weighted by Gasteiger charge is -1.99. The van der Waals surface area contributed by atoms with Gasteiger partial charge in [-0.15, -0.1) is 0 Å². The number of pyridine rings is 1. The largest absolute Gasteiger partial charge is 0.458 e. The maximum absolute atomic E-state index is 11.9. The van der Waals surface area contributed by atoms with E-state index in [0.29, 0.717) is 22.2 Å². The Labute approximate surface area is 151 Å². The number of hydrogen-bond donors (Lipinski definition) is 2. The smallest absolute Gasteiger partial charge is 0.244 e. The molecule has 0 spiro atoms. The van der Waals surface area contributed by atoms with E-state index in [1.54, 1.807) is 30.5 Å². The average Bonchev–Trinajstić information content (AvgIpc) is 2.95. The zero-order chi connectivity index (χ0) is 17.1. The van der Waals surface area contributed by atoms with Crippen LogP contribution in [0.1, 0.15) is 11.3 Å². The summed E-state index contributed by atoms with van der Waals surface area (Å²) in [6.07, 6.45) is 4.69. The first-order valence-electron chi connectivity index (χ1n) is 7.06. The molecule has 0 saturated carbocycles. The molecule has 0 bridgehead atoms. The summed E-state index contributed by atoms with van der Waals surface area (Å²) in [7, 11) is 0. The molecule has 0 atom stereocenters. The fourth-order valence-corrected chi connectivity index (χ4v) is 3.01. The lowest BCUT2D eigenvalue weighted by atomic mass is 10.2. The van der Waals surface area contributed by atoms with Gasteiger partial charge in [-0.25, -0.2) is 4.98 Å². The predicted molar refractivity (Wildman–Crippen MR) is 98.5 cm³/mol. The van der Waals surface area contributed by atoms with Crippen LogP contribution in [0, 0.1) is 0 Å². The van der Waals surface area contributed by atoms with Gasteiger partial charge in [-0.2, -0.15) is 0 Å². The molecule has 3 N–H and O–H groups in total. The Bertz CT molecular complexity index is 919. The third-order valence-electron chi connectivity index (χ3n) is 3.26. The number of fused-ring (bicyclic) bond motifs is 1. The first-order chi connectivity index (χ1) is 11.5. The Morgan fingerprint density at radius 2 is 2.21 bits per heavy atom. The van der Waals surface area contributed by atoms with Gasteiger partial charge in [-0.05, 0) is 42.0 Å². The maximum atomic E-state index is 11.9. The summed E-state index contributed by atoms with van der Waals surface area (Å²) in [5, 5.41) is 4.15. The standard InChI is InChI=1S/C17H13BrClN3O2/c18-12-5-11-6-13(24-17(11)14(19)7-12)9-22-16(23)4-2-10-1-3-15(20)21-8-10/h1-8H,9H2,(H2,20,21)(H,22,23)/b4-2+. The number of nitrogen functional groups attached to an aromatic ring is 1. The van der Waals surface area contributed by atoms with Crippen LogP contribution in [0.2, 0.25) is 5.02 Å². The second-order valence-electron chi connectivity index (χ2n) is 5.09. The number of anilines is 1. The zero-order valence-corrected chi connectivity index (χ0v) is 14.8. The predicted octanol–water partition coefficient (Wildman–Crippen LogP) is 4.16. The normalized spacial score (nSPS) is 11.2. The molecule has 7 heteroatoms. The minimum atomic E-state index is -0.237.